The molecule has 1 N–H and O–H groups in total. The molecule has 0 aliphatic carbocycles. The number of esters is 1. The maximum absolute atomic E-state index is 11.2. The number of carbonyl (C=O) groups excluding carboxylic acids is 1. The predicted octanol–water partition coefficient (Wildman–Crippen LogP) is 0.808. The highest BCUT2D eigenvalue weighted by molar-refractivity contribution is 7.99. The Morgan fingerprint density at radius 1 is 1.58 bits per heavy atom. The molecular weight excluding hydrogens is 176 g/mol. The van der Waals surface area contributed by atoms with Gasteiger partial charge in [0.05, 0.1) is 6.61 Å². The molecule has 0 aromatic heterocycles. The average Bonchev–Trinajstić information content (AvgIpc) is 2.06. The molecule has 1 fully saturated rings. The number of hydrogen-bond donors (Lipinski definition) is 1. The van der Waals surface area contributed by atoms with Crippen LogP contribution >= 0.6 is 11.8 Å². The summed E-state index contributed by atoms with van der Waals surface area (Å²) < 4.78 is 4.79. The normalized spacial score (nSPS) is 21.8. The van der Waals surface area contributed by atoms with Crippen LogP contribution in [-0.2, 0) is 9.53 Å². The first kappa shape index (κ1) is 9.86. The minimum absolute atomic E-state index is 0.342. The van der Waals surface area contributed by atoms with E-state index in [2.05, 4.69) is 0 Å². The number of thioether (sulfide) groups is 1. The van der Waals surface area contributed by atoms with E-state index in [0.29, 0.717) is 19.4 Å². The molecular formula is C8H14O3S. The van der Waals surface area contributed by atoms with E-state index in [4.69, 9.17) is 4.74 Å². The van der Waals surface area contributed by atoms with Crippen LogP contribution in [0.25, 0.3) is 0 Å². The van der Waals surface area contributed by atoms with Crippen LogP contribution in [0.3, 0.4) is 0 Å². The predicted molar refractivity (Wildman–Crippen MR) is 48.1 cm³/mol. The van der Waals surface area contributed by atoms with Gasteiger partial charge in [0.15, 0.2) is 5.60 Å². The minimum Gasteiger partial charge on any atom is -0.464 e. The van der Waals surface area contributed by atoms with Crippen molar-refractivity contribution in [3.63, 3.8) is 0 Å². The Morgan fingerprint density at radius 3 is 2.67 bits per heavy atom. The van der Waals surface area contributed by atoms with Crippen molar-refractivity contribution in [2.45, 2.75) is 25.4 Å². The smallest absolute Gasteiger partial charge is 0.338 e. The summed E-state index contributed by atoms with van der Waals surface area (Å²) in [5, 5.41) is 9.78. The summed E-state index contributed by atoms with van der Waals surface area (Å²) in [4.78, 5) is 11.2. The number of carbonyl (C=O) groups is 1. The highest BCUT2D eigenvalue weighted by Gasteiger charge is 2.38. The summed E-state index contributed by atoms with van der Waals surface area (Å²) >= 11 is 1.76. The van der Waals surface area contributed by atoms with Crippen LogP contribution in [-0.4, -0.2) is 34.8 Å². The van der Waals surface area contributed by atoms with Crippen molar-refractivity contribution in [3.05, 3.63) is 0 Å². The molecule has 4 heteroatoms. The van der Waals surface area contributed by atoms with Crippen molar-refractivity contribution < 1.29 is 14.6 Å². The average molecular weight is 190 g/mol. The molecule has 0 saturated carbocycles. The van der Waals surface area contributed by atoms with E-state index in [1.54, 1.807) is 18.7 Å². The third-order valence-corrected chi connectivity index (χ3v) is 2.96. The fourth-order valence-corrected chi connectivity index (χ4v) is 2.35. The van der Waals surface area contributed by atoms with Crippen molar-refractivity contribution in [2.75, 3.05) is 18.1 Å². The Kier molecular flexibility index (Phi) is 3.40. The summed E-state index contributed by atoms with van der Waals surface area (Å²) in [6.45, 7) is 2.09. The van der Waals surface area contributed by atoms with E-state index in [1.165, 1.54) is 0 Å². The van der Waals surface area contributed by atoms with Crippen LogP contribution in [0.5, 0.6) is 0 Å². The second kappa shape index (κ2) is 4.14. The van der Waals surface area contributed by atoms with E-state index in [0.717, 1.165) is 11.5 Å². The van der Waals surface area contributed by atoms with E-state index < -0.39 is 11.6 Å². The monoisotopic (exact) mass is 190 g/mol. The Balaban J connectivity index is 2.50. The largest absolute Gasteiger partial charge is 0.464 e. The van der Waals surface area contributed by atoms with Crippen LogP contribution in [0, 0.1) is 0 Å². The third kappa shape index (κ3) is 2.14. The minimum atomic E-state index is -1.19. The maximum atomic E-state index is 11.2. The maximum Gasteiger partial charge on any atom is 0.338 e. The van der Waals surface area contributed by atoms with Gasteiger partial charge in [-0.05, 0) is 31.3 Å². The summed E-state index contributed by atoms with van der Waals surface area (Å²) in [6, 6.07) is 0. The van der Waals surface area contributed by atoms with Gasteiger partial charge in [0.2, 0.25) is 0 Å². The van der Waals surface area contributed by atoms with E-state index in [9.17, 15) is 9.90 Å². The SMILES string of the molecule is CCOC(=O)C1(O)CCSCC1. The van der Waals surface area contributed by atoms with Crippen LogP contribution < -0.4 is 0 Å². The van der Waals surface area contributed by atoms with Gasteiger partial charge in [-0.25, -0.2) is 4.79 Å². The zero-order chi connectivity index (χ0) is 9.03. The number of rotatable bonds is 2. The van der Waals surface area contributed by atoms with Gasteiger partial charge < -0.3 is 9.84 Å². The molecule has 12 heavy (non-hydrogen) atoms. The van der Waals surface area contributed by atoms with Crippen molar-refractivity contribution >= 4 is 17.7 Å². The molecule has 0 radical (unpaired) electrons. The second-order valence-corrected chi connectivity index (χ2v) is 4.09. The van der Waals surface area contributed by atoms with Gasteiger partial charge in [-0.3, -0.25) is 0 Å². The molecule has 1 aliphatic rings. The quantitative estimate of drug-likeness (QED) is 0.654. The van der Waals surface area contributed by atoms with Crippen LogP contribution in [0.1, 0.15) is 19.8 Å². The molecule has 3 nitrogen and oxygen atoms in total. The van der Waals surface area contributed by atoms with Crippen molar-refractivity contribution in [3.8, 4) is 0 Å². The van der Waals surface area contributed by atoms with Gasteiger partial charge in [0.1, 0.15) is 0 Å². The lowest BCUT2D eigenvalue weighted by Gasteiger charge is -2.28. The molecule has 70 valence electrons. The molecule has 1 saturated heterocycles. The summed E-state index contributed by atoms with van der Waals surface area (Å²) in [6.07, 6.45) is 1.05. The first-order valence-corrected chi connectivity index (χ1v) is 5.32. The van der Waals surface area contributed by atoms with Crippen LogP contribution in [0.2, 0.25) is 0 Å². The molecule has 0 unspecified atom stereocenters. The van der Waals surface area contributed by atoms with E-state index in [-0.39, 0.29) is 0 Å². The molecule has 0 amide bonds. The topological polar surface area (TPSA) is 46.5 Å². The standard InChI is InChI=1S/C8H14O3S/c1-2-11-7(9)8(10)3-5-12-6-4-8/h10H,2-6H2,1H3. The first-order valence-electron chi connectivity index (χ1n) is 4.16. The number of ether oxygens (including phenoxy) is 1. The summed E-state index contributed by atoms with van der Waals surface area (Å²) in [5.41, 5.74) is -1.19. The van der Waals surface area contributed by atoms with Crippen molar-refractivity contribution in [2.24, 2.45) is 0 Å². The molecule has 0 aromatic rings. The lowest BCUT2D eigenvalue weighted by Crippen LogP contribution is -2.43. The van der Waals surface area contributed by atoms with Crippen LogP contribution in [0.4, 0.5) is 0 Å². The molecule has 0 spiro atoms. The van der Waals surface area contributed by atoms with Gasteiger partial charge in [0, 0.05) is 0 Å². The Hall–Kier alpha value is -0.220. The van der Waals surface area contributed by atoms with Gasteiger partial charge >= 0.3 is 5.97 Å². The summed E-state index contributed by atoms with van der Waals surface area (Å²) in [7, 11) is 0. The fraction of sp³-hybridized carbons (Fsp3) is 0.875. The molecule has 0 aromatic carbocycles. The van der Waals surface area contributed by atoms with Gasteiger partial charge in [0.25, 0.3) is 0 Å². The lowest BCUT2D eigenvalue weighted by atomic mass is 9.97. The number of aliphatic hydroxyl groups is 1. The van der Waals surface area contributed by atoms with Crippen LogP contribution in [0.15, 0.2) is 0 Å². The van der Waals surface area contributed by atoms with Gasteiger partial charge in [-0.2, -0.15) is 11.8 Å². The molecule has 1 heterocycles. The highest BCUT2D eigenvalue weighted by atomic mass is 32.2. The van der Waals surface area contributed by atoms with E-state index in [1.807, 2.05) is 0 Å². The summed E-state index contributed by atoms with van der Waals surface area (Å²) in [5.74, 6) is 1.23. The fourth-order valence-electron chi connectivity index (χ4n) is 1.18. The van der Waals surface area contributed by atoms with Gasteiger partial charge in [-0.1, -0.05) is 0 Å². The first-order chi connectivity index (χ1) is 5.69. The van der Waals surface area contributed by atoms with Crippen molar-refractivity contribution in [1.29, 1.82) is 0 Å². The Morgan fingerprint density at radius 2 is 2.17 bits per heavy atom. The Labute approximate surface area is 76.5 Å². The number of hydrogen-bond acceptors (Lipinski definition) is 4. The Bertz CT molecular complexity index is 164. The van der Waals surface area contributed by atoms with Gasteiger partial charge in [-0.15, -0.1) is 0 Å². The third-order valence-electron chi connectivity index (χ3n) is 1.98. The molecule has 0 bridgehead atoms. The zero-order valence-electron chi connectivity index (χ0n) is 7.21. The zero-order valence-corrected chi connectivity index (χ0v) is 8.02. The molecule has 0 atom stereocenters. The molecule has 1 rings (SSSR count). The molecule has 1 aliphatic heterocycles. The second-order valence-electron chi connectivity index (χ2n) is 2.86. The lowest BCUT2D eigenvalue weighted by molar-refractivity contribution is -0.165. The van der Waals surface area contributed by atoms with Crippen molar-refractivity contribution in [1.82, 2.24) is 0 Å². The van der Waals surface area contributed by atoms with E-state index >= 15 is 0 Å². The highest BCUT2D eigenvalue weighted by Crippen LogP contribution is 2.27.